The molecule has 6 heteroatoms. The Morgan fingerprint density at radius 1 is 1.17 bits per heavy atom. The van der Waals surface area contributed by atoms with Gasteiger partial charge >= 0.3 is 6.03 Å². The van der Waals surface area contributed by atoms with E-state index in [1.54, 1.807) is 13.0 Å². The van der Waals surface area contributed by atoms with Gasteiger partial charge in [0.05, 0.1) is 6.54 Å². The Balaban J connectivity index is 1.43. The largest absolute Gasteiger partial charge is 0.491 e. The number of hydrogen-bond acceptors (Lipinski definition) is 4. The average Bonchev–Trinajstić information content (AvgIpc) is 3.25. The van der Waals surface area contributed by atoms with Crippen LogP contribution >= 0.6 is 0 Å². The minimum Gasteiger partial charge on any atom is -0.491 e. The van der Waals surface area contributed by atoms with Gasteiger partial charge in [0.15, 0.2) is 0 Å². The third-order valence-corrected chi connectivity index (χ3v) is 5.78. The second-order valence-corrected chi connectivity index (χ2v) is 8.09. The highest BCUT2D eigenvalue weighted by Crippen LogP contribution is 2.32. The van der Waals surface area contributed by atoms with Crippen molar-refractivity contribution in [1.29, 1.82) is 0 Å². The maximum Gasteiger partial charge on any atom is 0.325 e. The van der Waals surface area contributed by atoms with E-state index in [1.165, 1.54) is 11.1 Å². The smallest absolute Gasteiger partial charge is 0.325 e. The minimum atomic E-state index is -1.12. The van der Waals surface area contributed by atoms with Gasteiger partial charge in [-0.2, -0.15) is 0 Å². The van der Waals surface area contributed by atoms with Gasteiger partial charge in [-0.3, -0.25) is 9.69 Å². The lowest BCUT2D eigenvalue weighted by atomic mass is 9.89. The zero-order chi connectivity index (χ0) is 20.6. The van der Waals surface area contributed by atoms with Crippen LogP contribution in [0, 0.1) is 6.92 Å². The number of urea groups is 1. The first-order valence-electron chi connectivity index (χ1n) is 10.0. The summed E-state index contributed by atoms with van der Waals surface area (Å²) < 4.78 is 5.60. The molecular formula is C23H26N2O4. The number of carbonyl (C=O) groups is 2. The van der Waals surface area contributed by atoms with Crippen molar-refractivity contribution in [2.24, 2.45) is 0 Å². The number of hydrogen-bond donors (Lipinski definition) is 2. The number of nitrogens with one attached hydrogen (secondary N) is 1. The van der Waals surface area contributed by atoms with Crippen LogP contribution in [-0.2, 0) is 23.2 Å². The normalized spacial score (nSPS) is 21.8. The van der Waals surface area contributed by atoms with Crippen molar-refractivity contribution in [2.45, 2.75) is 44.8 Å². The van der Waals surface area contributed by atoms with E-state index in [4.69, 9.17) is 4.74 Å². The summed E-state index contributed by atoms with van der Waals surface area (Å²) in [5.74, 6) is 0.291. The number of aliphatic hydroxyl groups is 1. The molecule has 4 rings (SSSR count). The number of ether oxygens (including phenoxy) is 1. The molecule has 152 valence electrons. The van der Waals surface area contributed by atoms with E-state index < -0.39 is 17.7 Å². The van der Waals surface area contributed by atoms with Crippen molar-refractivity contribution < 1.29 is 19.4 Å². The number of amides is 3. The van der Waals surface area contributed by atoms with Gasteiger partial charge in [-0.25, -0.2) is 4.79 Å². The molecule has 1 heterocycles. The van der Waals surface area contributed by atoms with E-state index >= 15 is 0 Å². The quantitative estimate of drug-likeness (QED) is 0.739. The van der Waals surface area contributed by atoms with Gasteiger partial charge in [0, 0.05) is 0 Å². The lowest BCUT2D eigenvalue weighted by Gasteiger charge is -2.24. The van der Waals surface area contributed by atoms with Crippen molar-refractivity contribution in [1.82, 2.24) is 10.2 Å². The molecule has 1 aliphatic carbocycles. The summed E-state index contributed by atoms with van der Waals surface area (Å²) in [7, 11) is 0. The Bertz CT molecular complexity index is 958. The van der Waals surface area contributed by atoms with E-state index in [2.05, 4.69) is 11.4 Å². The van der Waals surface area contributed by atoms with Crippen molar-refractivity contribution in [3.8, 4) is 5.75 Å². The third kappa shape index (κ3) is 3.72. The molecule has 0 bridgehead atoms. The van der Waals surface area contributed by atoms with Crippen LogP contribution in [0.25, 0.3) is 0 Å². The van der Waals surface area contributed by atoms with Gasteiger partial charge in [0.1, 0.15) is 24.0 Å². The van der Waals surface area contributed by atoms with E-state index in [1.807, 2.05) is 37.3 Å². The average molecular weight is 394 g/mol. The zero-order valence-electron chi connectivity index (χ0n) is 16.8. The van der Waals surface area contributed by atoms with Crippen LogP contribution in [-0.4, -0.2) is 41.2 Å². The maximum atomic E-state index is 13.1. The van der Waals surface area contributed by atoms with Gasteiger partial charge in [0.25, 0.3) is 5.91 Å². The Kier molecular flexibility index (Phi) is 5.04. The van der Waals surface area contributed by atoms with Gasteiger partial charge in [-0.05, 0) is 67.5 Å². The number of imide groups is 1. The van der Waals surface area contributed by atoms with Crippen LogP contribution in [0.2, 0.25) is 0 Å². The molecule has 2 atom stereocenters. The first-order valence-corrected chi connectivity index (χ1v) is 10.0. The third-order valence-electron chi connectivity index (χ3n) is 5.78. The first-order chi connectivity index (χ1) is 13.9. The molecule has 1 saturated heterocycles. The number of rotatable bonds is 6. The summed E-state index contributed by atoms with van der Waals surface area (Å²) in [6.07, 6.45) is 2.20. The van der Waals surface area contributed by atoms with Crippen LogP contribution in [0.5, 0.6) is 5.75 Å². The molecule has 0 unspecified atom stereocenters. The van der Waals surface area contributed by atoms with Crippen LogP contribution < -0.4 is 10.1 Å². The molecule has 0 aromatic heterocycles. The first kappa shape index (κ1) is 19.5. The summed E-state index contributed by atoms with van der Waals surface area (Å²) in [4.78, 5) is 26.7. The Morgan fingerprint density at radius 3 is 2.76 bits per heavy atom. The second kappa shape index (κ2) is 7.52. The van der Waals surface area contributed by atoms with Gasteiger partial charge in [-0.15, -0.1) is 0 Å². The van der Waals surface area contributed by atoms with E-state index in [9.17, 15) is 14.7 Å². The van der Waals surface area contributed by atoms with Gasteiger partial charge in [0.2, 0.25) is 0 Å². The zero-order valence-corrected chi connectivity index (χ0v) is 16.8. The predicted octanol–water partition coefficient (Wildman–Crippen LogP) is 2.69. The molecule has 3 amide bonds. The number of β-amino-alcohol motifs (C(OH)–C–C–N with tert-alkyl or cyclic N) is 1. The number of carbonyl (C=O) groups excluding carboxylic acids is 2. The summed E-state index contributed by atoms with van der Waals surface area (Å²) in [6.45, 7) is 3.56. The van der Waals surface area contributed by atoms with E-state index in [0.29, 0.717) is 5.75 Å². The lowest BCUT2D eigenvalue weighted by Crippen LogP contribution is -2.42. The highest BCUT2D eigenvalue weighted by Gasteiger charge is 2.49. The molecule has 29 heavy (non-hydrogen) atoms. The monoisotopic (exact) mass is 394 g/mol. The van der Waals surface area contributed by atoms with Crippen LogP contribution in [0.3, 0.4) is 0 Å². The topological polar surface area (TPSA) is 78.9 Å². The van der Waals surface area contributed by atoms with Crippen molar-refractivity contribution >= 4 is 11.9 Å². The van der Waals surface area contributed by atoms with Crippen molar-refractivity contribution in [3.05, 3.63) is 64.7 Å². The molecule has 0 radical (unpaired) electrons. The molecule has 2 aromatic rings. The molecule has 2 aliphatic rings. The summed E-state index contributed by atoms with van der Waals surface area (Å²) >= 11 is 0. The predicted molar refractivity (Wildman–Crippen MR) is 109 cm³/mol. The Labute approximate surface area is 170 Å². The van der Waals surface area contributed by atoms with Crippen molar-refractivity contribution in [2.75, 3.05) is 13.2 Å². The molecule has 1 fully saturated rings. The fraction of sp³-hybridized carbons (Fsp3) is 0.391. The number of aryl methyl sites for hydroxylation is 3. The SMILES string of the molecule is Cc1cccc(OC[C@H](O)CN2C(=O)N[C@@](C)(c3ccc4c(c3)CCC4)C2=O)c1. The van der Waals surface area contributed by atoms with E-state index in [-0.39, 0.29) is 19.1 Å². The number of benzene rings is 2. The Hall–Kier alpha value is -2.86. The molecular weight excluding hydrogens is 368 g/mol. The molecule has 1 aliphatic heterocycles. The van der Waals surface area contributed by atoms with Crippen molar-refractivity contribution in [3.63, 3.8) is 0 Å². The molecule has 0 saturated carbocycles. The van der Waals surface area contributed by atoms with Crippen LogP contribution in [0.15, 0.2) is 42.5 Å². The standard InChI is InChI=1S/C23H26N2O4/c1-15-5-3-8-20(11-15)29-14-19(26)13-25-21(27)23(2,24-22(25)28)18-10-9-16-6-4-7-17(16)12-18/h3,5,8-12,19,26H,4,6-7,13-14H2,1-2H3,(H,24,28)/t19-,23+/m1/s1. The fourth-order valence-corrected chi connectivity index (χ4v) is 4.10. The van der Waals surface area contributed by atoms with E-state index in [0.717, 1.165) is 35.3 Å². The fourth-order valence-electron chi connectivity index (χ4n) is 4.10. The number of aliphatic hydroxyl groups excluding tert-OH is 1. The minimum absolute atomic E-state index is 0.00390. The van der Waals surface area contributed by atoms with Crippen LogP contribution in [0.1, 0.15) is 35.6 Å². The van der Waals surface area contributed by atoms with Crippen LogP contribution in [0.4, 0.5) is 4.79 Å². The number of nitrogens with zero attached hydrogens (tertiary/aromatic N) is 1. The maximum absolute atomic E-state index is 13.1. The number of fused-ring (bicyclic) bond motifs is 1. The highest BCUT2D eigenvalue weighted by atomic mass is 16.5. The molecule has 2 N–H and O–H groups in total. The Morgan fingerprint density at radius 2 is 1.97 bits per heavy atom. The molecule has 2 aromatic carbocycles. The summed E-state index contributed by atoms with van der Waals surface area (Å²) in [6, 6.07) is 13.0. The van der Waals surface area contributed by atoms with Gasteiger partial charge in [-0.1, -0.05) is 30.3 Å². The lowest BCUT2D eigenvalue weighted by molar-refractivity contribution is -0.132. The summed E-state index contributed by atoms with van der Waals surface area (Å²) in [5, 5.41) is 13.2. The highest BCUT2D eigenvalue weighted by molar-refractivity contribution is 6.07. The summed E-state index contributed by atoms with van der Waals surface area (Å²) in [5.41, 5.74) is 3.28. The van der Waals surface area contributed by atoms with Gasteiger partial charge < -0.3 is 15.2 Å². The molecule has 0 spiro atoms. The second-order valence-electron chi connectivity index (χ2n) is 8.09. The molecule has 6 nitrogen and oxygen atoms in total.